The Morgan fingerprint density at radius 1 is 1.15 bits per heavy atom. The standard InChI is InChI=1S/C13H13N3O3S/c1-20(2,19)15-13-9-5-7-11(14-13)10-6-3-4-8-12(10)16(17)18/h3-9H,1-2H3. The van der Waals surface area contributed by atoms with Crippen molar-refractivity contribution in [3.8, 4) is 11.3 Å². The van der Waals surface area contributed by atoms with E-state index in [2.05, 4.69) is 9.35 Å². The van der Waals surface area contributed by atoms with Crippen molar-refractivity contribution in [1.82, 2.24) is 4.98 Å². The van der Waals surface area contributed by atoms with Gasteiger partial charge < -0.3 is 0 Å². The molecule has 7 heteroatoms. The third-order valence-corrected chi connectivity index (χ3v) is 3.05. The van der Waals surface area contributed by atoms with Crippen LogP contribution >= 0.6 is 0 Å². The van der Waals surface area contributed by atoms with E-state index in [9.17, 15) is 14.3 Å². The average Bonchev–Trinajstić information content (AvgIpc) is 2.37. The maximum atomic E-state index is 11.7. The topological polar surface area (TPSA) is 85.5 Å². The molecule has 1 aromatic carbocycles. The Morgan fingerprint density at radius 2 is 1.85 bits per heavy atom. The predicted molar refractivity (Wildman–Crippen MR) is 78.4 cm³/mol. The maximum absolute atomic E-state index is 11.7. The van der Waals surface area contributed by atoms with Crippen molar-refractivity contribution in [2.75, 3.05) is 12.5 Å². The Labute approximate surface area is 116 Å². The lowest BCUT2D eigenvalue weighted by atomic mass is 10.1. The van der Waals surface area contributed by atoms with Gasteiger partial charge in [-0.15, -0.1) is 0 Å². The molecule has 0 atom stereocenters. The summed E-state index contributed by atoms with van der Waals surface area (Å²) >= 11 is 0. The lowest BCUT2D eigenvalue weighted by Crippen LogP contribution is -1.94. The predicted octanol–water partition coefficient (Wildman–Crippen LogP) is 3.02. The van der Waals surface area contributed by atoms with Crippen LogP contribution < -0.4 is 0 Å². The minimum Gasteiger partial charge on any atom is -0.258 e. The van der Waals surface area contributed by atoms with E-state index in [0.29, 0.717) is 17.1 Å². The highest BCUT2D eigenvalue weighted by Crippen LogP contribution is 2.29. The second kappa shape index (κ2) is 5.38. The lowest BCUT2D eigenvalue weighted by molar-refractivity contribution is -0.384. The van der Waals surface area contributed by atoms with Crippen molar-refractivity contribution in [3.63, 3.8) is 0 Å². The van der Waals surface area contributed by atoms with Crippen molar-refractivity contribution in [1.29, 1.82) is 0 Å². The fourth-order valence-electron chi connectivity index (χ4n) is 1.70. The van der Waals surface area contributed by atoms with Crippen molar-refractivity contribution < 1.29 is 9.13 Å². The quantitative estimate of drug-likeness (QED) is 0.642. The highest BCUT2D eigenvalue weighted by atomic mass is 32.2. The molecular weight excluding hydrogens is 278 g/mol. The van der Waals surface area contributed by atoms with Gasteiger partial charge >= 0.3 is 0 Å². The number of benzene rings is 1. The van der Waals surface area contributed by atoms with E-state index in [4.69, 9.17) is 0 Å². The number of hydrogen-bond acceptors (Lipinski definition) is 5. The zero-order valence-corrected chi connectivity index (χ0v) is 11.8. The van der Waals surface area contributed by atoms with E-state index in [0.717, 1.165) is 0 Å². The average molecular weight is 291 g/mol. The molecule has 0 spiro atoms. The molecule has 0 amide bonds. The summed E-state index contributed by atoms with van der Waals surface area (Å²) in [5, 5.41) is 11.0. The molecule has 2 rings (SSSR count). The summed E-state index contributed by atoms with van der Waals surface area (Å²) in [6, 6.07) is 11.3. The highest BCUT2D eigenvalue weighted by molar-refractivity contribution is 7.92. The van der Waals surface area contributed by atoms with E-state index < -0.39 is 14.7 Å². The normalized spacial score (nSPS) is 11.1. The molecule has 0 bridgehead atoms. The third kappa shape index (κ3) is 3.39. The molecule has 1 aromatic heterocycles. The summed E-state index contributed by atoms with van der Waals surface area (Å²) in [4.78, 5) is 14.8. The molecule has 0 radical (unpaired) electrons. The van der Waals surface area contributed by atoms with E-state index in [1.807, 2.05) is 0 Å². The van der Waals surface area contributed by atoms with Crippen LogP contribution in [0.15, 0.2) is 46.8 Å². The van der Waals surface area contributed by atoms with Gasteiger partial charge in [0, 0.05) is 28.3 Å². The van der Waals surface area contributed by atoms with E-state index in [-0.39, 0.29) is 5.69 Å². The number of aromatic nitrogens is 1. The molecule has 0 aliphatic heterocycles. The zero-order chi connectivity index (χ0) is 14.8. The maximum Gasteiger partial charge on any atom is 0.278 e. The number of nitrogens with zero attached hydrogens (tertiary/aromatic N) is 3. The molecule has 0 aliphatic carbocycles. The number of nitro groups is 1. The SMILES string of the molecule is CS(C)(=O)=Nc1cccc(-c2ccccc2[N+](=O)[O-])n1. The molecule has 104 valence electrons. The monoisotopic (exact) mass is 291 g/mol. The Kier molecular flexibility index (Phi) is 3.80. The van der Waals surface area contributed by atoms with Gasteiger partial charge in [-0.3, -0.25) is 10.1 Å². The lowest BCUT2D eigenvalue weighted by Gasteiger charge is -2.03. The molecule has 0 unspecified atom stereocenters. The van der Waals surface area contributed by atoms with Crippen LogP contribution in [0.1, 0.15) is 0 Å². The van der Waals surface area contributed by atoms with Gasteiger partial charge in [-0.05, 0) is 18.2 Å². The van der Waals surface area contributed by atoms with Gasteiger partial charge in [0.1, 0.15) is 0 Å². The molecule has 2 aromatic rings. The number of hydrogen-bond donors (Lipinski definition) is 0. The van der Waals surface area contributed by atoms with Crippen molar-refractivity contribution in [2.45, 2.75) is 0 Å². The molecule has 0 N–H and O–H groups in total. The van der Waals surface area contributed by atoms with Gasteiger partial charge in [0.05, 0.1) is 16.2 Å². The van der Waals surface area contributed by atoms with Crippen LogP contribution in [0.5, 0.6) is 0 Å². The molecular formula is C13H13N3O3S. The molecule has 0 fully saturated rings. The summed E-state index contributed by atoms with van der Waals surface area (Å²) < 4.78 is 15.7. The number of para-hydroxylation sites is 1. The molecule has 6 nitrogen and oxygen atoms in total. The zero-order valence-electron chi connectivity index (χ0n) is 11.0. The largest absolute Gasteiger partial charge is 0.278 e. The van der Waals surface area contributed by atoms with Gasteiger partial charge in [0.2, 0.25) is 0 Å². The second-order valence-electron chi connectivity index (χ2n) is 4.43. The van der Waals surface area contributed by atoms with Crippen molar-refractivity contribution in [2.24, 2.45) is 4.36 Å². The minimum absolute atomic E-state index is 0.0223. The smallest absolute Gasteiger partial charge is 0.258 e. The Balaban J connectivity index is 2.58. The van der Waals surface area contributed by atoms with Gasteiger partial charge in [-0.1, -0.05) is 18.2 Å². The van der Waals surface area contributed by atoms with Gasteiger partial charge in [0.25, 0.3) is 5.69 Å². The number of nitro benzene ring substituents is 1. The summed E-state index contributed by atoms with van der Waals surface area (Å²) in [7, 11) is -2.32. The summed E-state index contributed by atoms with van der Waals surface area (Å²) in [5.41, 5.74) is 0.821. The van der Waals surface area contributed by atoms with E-state index in [1.54, 1.807) is 36.4 Å². The summed E-state index contributed by atoms with van der Waals surface area (Å²) in [5.74, 6) is 0.302. The van der Waals surface area contributed by atoms with Gasteiger partial charge in [-0.25, -0.2) is 9.19 Å². The van der Waals surface area contributed by atoms with Crippen molar-refractivity contribution in [3.05, 3.63) is 52.6 Å². The number of pyridine rings is 1. The molecule has 1 heterocycles. The Bertz CT molecular complexity index is 772. The first-order chi connectivity index (χ1) is 9.37. The van der Waals surface area contributed by atoms with Gasteiger partial charge in [-0.2, -0.15) is 4.36 Å². The Hall–Kier alpha value is -2.28. The van der Waals surface area contributed by atoms with Crippen LogP contribution in [0, 0.1) is 10.1 Å². The number of rotatable bonds is 3. The van der Waals surface area contributed by atoms with Crippen LogP contribution in [-0.4, -0.2) is 26.6 Å². The Morgan fingerprint density at radius 3 is 2.50 bits per heavy atom. The fourth-order valence-corrected chi connectivity index (χ4v) is 2.25. The van der Waals surface area contributed by atoms with Gasteiger partial charge in [0.15, 0.2) is 5.82 Å². The summed E-state index contributed by atoms with van der Waals surface area (Å²) in [6.45, 7) is 0. The second-order valence-corrected chi connectivity index (χ2v) is 6.97. The first-order valence-corrected chi connectivity index (χ1v) is 8.08. The van der Waals surface area contributed by atoms with E-state index >= 15 is 0 Å². The third-order valence-electron chi connectivity index (χ3n) is 2.42. The first-order valence-electron chi connectivity index (χ1n) is 5.75. The molecule has 0 saturated heterocycles. The van der Waals surface area contributed by atoms with Crippen LogP contribution in [0.4, 0.5) is 11.5 Å². The van der Waals surface area contributed by atoms with Crippen LogP contribution in [-0.2, 0) is 9.73 Å². The fraction of sp³-hybridized carbons (Fsp3) is 0.154. The molecule has 0 aliphatic rings. The van der Waals surface area contributed by atoms with E-state index in [1.165, 1.54) is 18.6 Å². The molecule has 20 heavy (non-hydrogen) atoms. The van der Waals surface area contributed by atoms with Crippen molar-refractivity contribution >= 4 is 21.2 Å². The van der Waals surface area contributed by atoms with Crippen LogP contribution in [0.2, 0.25) is 0 Å². The molecule has 0 saturated carbocycles. The first kappa shape index (κ1) is 14.1. The summed E-state index contributed by atoms with van der Waals surface area (Å²) in [6.07, 6.45) is 3.01. The van der Waals surface area contributed by atoms with Crippen LogP contribution in [0.3, 0.4) is 0 Å². The highest BCUT2D eigenvalue weighted by Gasteiger charge is 2.15. The van der Waals surface area contributed by atoms with Crippen LogP contribution in [0.25, 0.3) is 11.3 Å². The minimum atomic E-state index is -2.32.